The lowest BCUT2D eigenvalue weighted by atomic mass is 10.1. The Morgan fingerprint density at radius 3 is 2.86 bits per heavy atom. The molecule has 0 aromatic heterocycles. The Bertz CT molecular complexity index is 187. The molecule has 0 aliphatic carbocycles. The van der Waals surface area contributed by atoms with Gasteiger partial charge in [0.1, 0.15) is 0 Å². The van der Waals surface area contributed by atoms with E-state index in [-0.39, 0.29) is 6.10 Å². The minimum absolute atomic E-state index is 0.275. The lowest BCUT2D eigenvalue weighted by Crippen LogP contribution is -2.25. The van der Waals surface area contributed by atoms with Crippen LogP contribution in [0.2, 0.25) is 0 Å². The lowest BCUT2D eigenvalue weighted by Gasteiger charge is -2.17. The normalized spacial score (nSPS) is 24.9. The number of aliphatic hydroxyl groups is 1. The summed E-state index contributed by atoms with van der Waals surface area (Å²) in [5, 5.41) is 9.28. The fourth-order valence-electron chi connectivity index (χ4n) is 2.12. The molecule has 1 fully saturated rings. The van der Waals surface area contributed by atoms with Gasteiger partial charge in [0.25, 0.3) is 0 Å². The van der Waals surface area contributed by atoms with Gasteiger partial charge in [0, 0.05) is 6.54 Å². The molecule has 1 unspecified atom stereocenters. The summed E-state index contributed by atoms with van der Waals surface area (Å²) in [5.74, 6) is 0. The second kappa shape index (κ2) is 6.20. The molecule has 0 spiro atoms. The fraction of sp³-hybridized carbons (Fsp3) is 0.833. The molecule has 0 saturated carbocycles. The number of rotatable bonds is 3. The van der Waals surface area contributed by atoms with Crippen molar-refractivity contribution in [1.82, 2.24) is 4.90 Å². The number of likely N-dealkylation sites (tertiary alicyclic amines) is 1. The van der Waals surface area contributed by atoms with Gasteiger partial charge in [0.2, 0.25) is 0 Å². The van der Waals surface area contributed by atoms with E-state index in [4.69, 9.17) is 0 Å². The standard InChI is InChI=1S/C12H23NO/c1-3-7-13-8-4-5-12(6-9-13)10-11(2)14/h10-11,14H,3-9H2,1-2H3. The maximum absolute atomic E-state index is 9.28. The maximum atomic E-state index is 9.28. The van der Waals surface area contributed by atoms with Crippen molar-refractivity contribution < 1.29 is 5.11 Å². The van der Waals surface area contributed by atoms with E-state index in [0.717, 1.165) is 6.42 Å². The Balaban J connectivity index is 2.40. The zero-order valence-electron chi connectivity index (χ0n) is 9.50. The molecule has 1 atom stereocenters. The van der Waals surface area contributed by atoms with Crippen LogP contribution < -0.4 is 0 Å². The predicted octanol–water partition coefficient (Wildman–Crippen LogP) is 2.19. The quantitative estimate of drug-likeness (QED) is 0.701. The van der Waals surface area contributed by atoms with Gasteiger partial charge < -0.3 is 10.0 Å². The van der Waals surface area contributed by atoms with E-state index in [1.165, 1.54) is 44.5 Å². The molecule has 1 aliphatic heterocycles. The van der Waals surface area contributed by atoms with Gasteiger partial charge >= 0.3 is 0 Å². The van der Waals surface area contributed by atoms with Crippen molar-refractivity contribution in [3.05, 3.63) is 11.6 Å². The zero-order valence-corrected chi connectivity index (χ0v) is 9.50. The van der Waals surface area contributed by atoms with Crippen LogP contribution >= 0.6 is 0 Å². The molecule has 1 rings (SSSR count). The minimum Gasteiger partial charge on any atom is -0.389 e. The minimum atomic E-state index is -0.275. The molecule has 1 saturated heterocycles. The van der Waals surface area contributed by atoms with Crippen molar-refractivity contribution in [3.8, 4) is 0 Å². The van der Waals surface area contributed by atoms with Crippen molar-refractivity contribution in [1.29, 1.82) is 0 Å². The molecule has 1 heterocycles. The number of aliphatic hydroxyl groups excluding tert-OH is 1. The Hall–Kier alpha value is -0.340. The van der Waals surface area contributed by atoms with Crippen molar-refractivity contribution in [3.63, 3.8) is 0 Å². The SMILES string of the molecule is CCCN1CCCC(=CC(C)O)CC1. The molecule has 2 nitrogen and oxygen atoms in total. The van der Waals surface area contributed by atoms with E-state index in [1.807, 2.05) is 13.0 Å². The van der Waals surface area contributed by atoms with Crippen LogP contribution in [-0.2, 0) is 0 Å². The van der Waals surface area contributed by atoms with E-state index in [0.29, 0.717) is 0 Å². The highest BCUT2D eigenvalue weighted by molar-refractivity contribution is 5.06. The van der Waals surface area contributed by atoms with Crippen LogP contribution in [0.15, 0.2) is 11.6 Å². The second-order valence-electron chi connectivity index (χ2n) is 4.26. The summed E-state index contributed by atoms with van der Waals surface area (Å²) in [6.45, 7) is 7.69. The highest BCUT2D eigenvalue weighted by Crippen LogP contribution is 2.17. The predicted molar refractivity (Wildman–Crippen MR) is 60.3 cm³/mol. The molecule has 82 valence electrons. The van der Waals surface area contributed by atoms with Crippen LogP contribution in [0.25, 0.3) is 0 Å². The fourth-order valence-corrected chi connectivity index (χ4v) is 2.12. The van der Waals surface area contributed by atoms with Gasteiger partial charge in [-0.3, -0.25) is 0 Å². The number of hydrogen-bond acceptors (Lipinski definition) is 2. The van der Waals surface area contributed by atoms with Gasteiger partial charge in [0.05, 0.1) is 6.10 Å². The molecular formula is C12H23NO. The summed E-state index contributed by atoms with van der Waals surface area (Å²) in [6.07, 6.45) is 6.56. The molecule has 1 N–H and O–H groups in total. The topological polar surface area (TPSA) is 23.5 Å². The molecule has 1 aliphatic rings. The van der Waals surface area contributed by atoms with Crippen molar-refractivity contribution in [2.75, 3.05) is 19.6 Å². The van der Waals surface area contributed by atoms with Gasteiger partial charge in [-0.15, -0.1) is 0 Å². The Kier molecular flexibility index (Phi) is 5.20. The highest BCUT2D eigenvalue weighted by Gasteiger charge is 2.11. The van der Waals surface area contributed by atoms with Gasteiger partial charge in [-0.1, -0.05) is 18.6 Å². The van der Waals surface area contributed by atoms with Crippen LogP contribution in [0.1, 0.15) is 39.5 Å². The summed E-state index contributed by atoms with van der Waals surface area (Å²) >= 11 is 0. The van der Waals surface area contributed by atoms with E-state index in [2.05, 4.69) is 11.8 Å². The summed E-state index contributed by atoms with van der Waals surface area (Å²) in [7, 11) is 0. The number of hydrogen-bond donors (Lipinski definition) is 1. The van der Waals surface area contributed by atoms with Crippen molar-refractivity contribution >= 4 is 0 Å². The molecule has 0 aromatic rings. The summed E-state index contributed by atoms with van der Waals surface area (Å²) in [5.41, 5.74) is 1.44. The third kappa shape index (κ3) is 4.25. The second-order valence-corrected chi connectivity index (χ2v) is 4.26. The van der Waals surface area contributed by atoms with E-state index in [9.17, 15) is 5.11 Å². The van der Waals surface area contributed by atoms with Gasteiger partial charge in [0.15, 0.2) is 0 Å². The molecule has 14 heavy (non-hydrogen) atoms. The average molecular weight is 197 g/mol. The van der Waals surface area contributed by atoms with Gasteiger partial charge in [-0.2, -0.15) is 0 Å². The Labute approximate surface area is 87.6 Å². The van der Waals surface area contributed by atoms with E-state index in [1.54, 1.807) is 0 Å². The van der Waals surface area contributed by atoms with Gasteiger partial charge in [-0.25, -0.2) is 0 Å². The first kappa shape index (κ1) is 11.7. The lowest BCUT2D eigenvalue weighted by molar-refractivity contribution is 0.242. The summed E-state index contributed by atoms with van der Waals surface area (Å²) < 4.78 is 0. The average Bonchev–Trinajstić information content (AvgIpc) is 2.31. The summed E-state index contributed by atoms with van der Waals surface area (Å²) in [6, 6.07) is 0. The van der Waals surface area contributed by atoms with Crippen LogP contribution in [0.3, 0.4) is 0 Å². The third-order valence-electron chi connectivity index (χ3n) is 2.74. The molecule has 0 aromatic carbocycles. The Morgan fingerprint density at radius 2 is 2.21 bits per heavy atom. The van der Waals surface area contributed by atoms with E-state index < -0.39 is 0 Å². The van der Waals surface area contributed by atoms with E-state index >= 15 is 0 Å². The number of nitrogens with zero attached hydrogens (tertiary/aromatic N) is 1. The third-order valence-corrected chi connectivity index (χ3v) is 2.74. The first-order chi connectivity index (χ1) is 6.72. The van der Waals surface area contributed by atoms with Crippen molar-refractivity contribution in [2.45, 2.75) is 45.6 Å². The first-order valence-corrected chi connectivity index (χ1v) is 5.82. The molecule has 0 bridgehead atoms. The molecule has 0 radical (unpaired) electrons. The smallest absolute Gasteiger partial charge is 0.0695 e. The largest absolute Gasteiger partial charge is 0.389 e. The molecular weight excluding hydrogens is 174 g/mol. The van der Waals surface area contributed by atoms with Crippen LogP contribution in [0.4, 0.5) is 0 Å². The van der Waals surface area contributed by atoms with Crippen LogP contribution in [-0.4, -0.2) is 35.7 Å². The Morgan fingerprint density at radius 1 is 1.43 bits per heavy atom. The highest BCUT2D eigenvalue weighted by atomic mass is 16.3. The van der Waals surface area contributed by atoms with Crippen LogP contribution in [0.5, 0.6) is 0 Å². The maximum Gasteiger partial charge on any atom is 0.0695 e. The first-order valence-electron chi connectivity index (χ1n) is 5.82. The monoisotopic (exact) mass is 197 g/mol. The van der Waals surface area contributed by atoms with Crippen LogP contribution in [0, 0.1) is 0 Å². The van der Waals surface area contributed by atoms with Gasteiger partial charge in [-0.05, 0) is 45.7 Å². The molecule has 0 amide bonds. The zero-order chi connectivity index (χ0) is 10.4. The van der Waals surface area contributed by atoms with Crippen molar-refractivity contribution in [2.24, 2.45) is 0 Å². The summed E-state index contributed by atoms with van der Waals surface area (Å²) in [4.78, 5) is 2.53. The molecule has 2 heteroatoms.